The fraction of sp³-hybridized carbons (Fsp3) is 0.467. The van der Waals surface area contributed by atoms with Crippen molar-refractivity contribution in [3.63, 3.8) is 0 Å². The van der Waals surface area contributed by atoms with E-state index in [0.29, 0.717) is 13.2 Å². The van der Waals surface area contributed by atoms with Gasteiger partial charge in [0.2, 0.25) is 5.91 Å². The van der Waals surface area contributed by atoms with Crippen molar-refractivity contribution in [2.75, 3.05) is 19.8 Å². The molecule has 1 heterocycles. The Morgan fingerprint density at radius 1 is 1.48 bits per heavy atom. The number of halogens is 1. The second-order valence-electron chi connectivity index (χ2n) is 5.14. The van der Waals surface area contributed by atoms with Crippen LogP contribution in [0.5, 0.6) is 0 Å². The van der Waals surface area contributed by atoms with Crippen LogP contribution in [0.3, 0.4) is 0 Å². The first kappa shape index (κ1) is 16.0. The van der Waals surface area contributed by atoms with Gasteiger partial charge in [-0.15, -0.1) is 0 Å². The molecule has 0 radical (unpaired) electrons. The van der Waals surface area contributed by atoms with Crippen LogP contribution in [0.2, 0.25) is 0 Å². The van der Waals surface area contributed by atoms with Crippen molar-refractivity contribution in [3.8, 4) is 0 Å². The van der Waals surface area contributed by atoms with Gasteiger partial charge in [0, 0.05) is 17.4 Å². The molecule has 0 saturated carbocycles. The summed E-state index contributed by atoms with van der Waals surface area (Å²) in [5.74, 6) is -1.14. The summed E-state index contributed by atoms with van der Waals surface area (Å²) in [7, 11) is 0. The van der Waals surface area contributed by atoms with Crippen molar-refractivity contribution in [1.29, 1.82) is 0 Å². The van der Waals surface area contributed by atoms with Gasteiger partial charge in [0.1, 0.15) is 0 Å². The van der Waals surface area contributed by atoms with Gasteiger partial charge in [0.05, 0.1) is 13.2 Å². The molecule has 1 saturated heterocycles. The van der Waals surface area contributed by atoms with Crippen molar-refractivity contribution in [2.45, 2.75) is 25.3 Å². The van der Waals surface area contributed by atoms with E-state index < -0.39 is 12.0 Å². The van der Waals surface area contributed by atoms with Gasteiger partial charge in [-0.2, -0.15) is 0 Å². The molecule has 2 rings (SSSR count). The zero-order chi connectivity index (χ0) is 15.4. The average molecular weight is 356 g/mol. The fourth-order valence-corrected chi connectivity index (χ4v) is 3.15. The van der Waals surface area contributed by atoms with Crippen LogP contribution in [0.1, 0.15) is 24.8 Å². The maximum Gasteiger partial charge on any atom is 0.328 e. The zero-order valence-corrected chi connectivity index (χ0v) is 13.4. The van der Waals surface area contributed by atoms with Gasteiger partial charge in [-0.25, -0.2) is 4.79 Å². The van der Waals surface area contributed by atoms with E-state index in [0.717, 1.165) is 10.0 Å². The van der Waals surface area contributed by atoms with Crippen LogP contribution in [0.25, 0.3) is 0 Å². The lowest BCUT2D eigenvalue weighted by Gasteiger charge is -2.33. The third-order valence-corrected chi connectivity index (χ3v) is 4.37. The van der Waals surface area contributed by atoms with Crippen LogP contribution in [0.4, 0.5) is 0 Å². The van der Waals surface area contributed by atoms with Crippen LogP contribution in [0, 0.1) is 0 Å². The van der Waals surface area contributed by atoms with Crippen molar-refractivity contribution in [2.24, 2.45) is 0 Å². The molecule has 0 spiro atoms. The first-order valence-electron chi connectivity index (χ1n) is 6.85. The molecule has 5 nitrogen and oxygen atoms in total. The van der Waals surface area contributed by atoms with Crippen molar-refractivity contribution >= 4 is 27.8 Å². The van der Waals surface area contributed by atoms with Crippen molar-refractivity contribution in [3.05, 3.63) is 34.3 Å². The van der Waals surface area contributed by atoms with Gasteiger partial charge in [-0.1, -0.05) is 41.1 Å². The molecule has 1 aromatic carbocycles. The molecule has 1 N–H and O–H groups in total. The maximum absolute atomic E-state index is 12.4. The molecule has 114 valence electrons. The Morgan fingerprint density at radius 2 is 2.19 bits per heavy atom. The second-order valence-corrected chi connectivity index (χ2v) is 6.00. The van der Waals surface area contributed by atoms with E-state index in [1.165, 1.54) is 4.90 Å². The number of carboxylic acids is 1. The number of nitrogens with zero attached hydrogens (tertiary/aromatic N) is 1. The van der Waals surface area contributed by atoms with Crippen LogP contribution >= 0.6 is 15.9 Å². The Morgan fingerprint density at radius 3 is 2.86 bits per heavy atom. The Bertz CT molecular complexity index is 534. The summed E-state index contributed by atoms with van der Waals surface area (Å²) in [6, 6.07) is 6.87. The molecule has 0 unspecified atom stereocenters. The predicted octanol–water partition coefficient (Wildman–Crippen LogP) is 2.25. The summed E-state index contributed by atoms with van der Waals surface area (Å²) in [4.78, 5) is 25.0. The Kier molecular flexibility index (Phi) is 5.36. The molecule has 1 aromatic rings. The number of benzene rings is 1. The summed E-state index contributed by atoms with van der Waals surface area (Å²) >= 11 is 3.48. The lowest BCUT2D eigenvalue weighted by Crippen LogP contribution is -2.52. The van der Waals surface area contributed by atoms with Crippen LogP contribution < -0.4 is 0 Å². The number of amides is 1. The number of morpholine rings is 1. The zero-order valence-electron chi connectivity index (χ0n) is 11.8. The highest BCUT2D eigenvalue weighted by molar-refractivity contribution is 9.10. The topological polar surface area (TPSA) is 66.8 Å². The molecule has 2 atom stereocenters. The molecule has 0 bridgehead atoms. The van der Waals surface area contributed by atoms with Crippen LogP contribution in [0.15, 0.2) is 28.7 Å². The summed E-state index contributed by atoms with van der Waals surface area (Å²) in [6.45, 7) is 2.75. The average Bonchev–Trinajstić information content (AvgIpc) is 2.47. The first-order chi connectivity index (χ1) is 10.0. The number of carbonyl (C=O) groups is 2. The minimum absolute atomic E-state index is 0.0189. The van der Waals surface area contributed by atoms with E-state index in [2.05, 4.69) is 15.9 Å². The van der Waals surface area contributed by atoms with Crippen LogP contribution in [-0.4, -0.2) is 47.7 Å². The SMILES string of the molecule is C[C@@H](CC(=O)N1CCOC[C@@H]1C(=O)O)c1ccccc1Br. The highest BCUT2D eigenvalue weighted by Gasteiger charge is 2.33. The molecule has 0 aliphatic carbocycles. The quantitative estimate of drug-likeness (QED) is 0.899. The standard InChI is InChI=1S/C15H18BrNO4/c1-10(11-4-2-3-5-12(11)16)8-14(18)17-6-7-21-9-13(17)15(19)20/h2-5,10,13H,6-9H2,1H3,(H,19,20)/t10-,13+/m0/s1. The first-order valence-corrected chi connectivity index (χ1v) is 7.64. The summed E-state index contributed by atoms with van der Waals surface area (Å²) in [5, 5.41) is 9.17. The van der Waals surface area contributed by atoms with Gasteiger partial charge in [-0.3, -0.25) is 4.79 Å². The number of aliphatic carboxylic acids is 1. The van der Waals surface area contributed by atoms with Gasteiger partial charge in [0.25, 0.3) is 0 Å². The highest BCUT2D eigenvalue weighted by atomic mass is 79.9. The number of ether oxygens (including phenoxy) is 1. The summed E-state index contributed by atoms with van der Waals surface area (Å²) in [5.41, 5.74) is 1.05. The van der Waals surface area contributed by atoms with E-state index in [1.54, 1.807) is 0 Å². The third kappa shape index (κ3) is 3.83. The molecule has 21 heavy (non-hydrogen) atoms. The van der Waals surface area contributed by atoms with E-state index in [9.17, 15) is 14.7 Å². The maximum atomic E-state index is 12.4. The Hall–Kier alpha value is -1.40. The van der Waals surface area contributed by atoms with Gasteiger partial charge in [-0.05, 0) is 17.5 Å². The highest BCUT2D eigenvalue weighted by Crippen LogP contribution is 2.27. The molecule has 1 amide bonds. The molecule has 1 aliphatic heterocycles. The monoisotopic (exact) mass is 355 g/mol. The fourth-order valence-electron chi connectivity index (χ4n) is 2.47. The number of hydrogen-bond donors (Lipinski definition) is 1. The molecule has 1 fully saturated rings. The molecule has 0 aromatic heterocycles. The van der Waals surface area contributed by atoms with Gasteiger partial charge < -0.3 is 14.7 Å². The van der Waals surface area contributed by atoms with E-state index in [-0.39, 0.29) is 24.9 Å². The van der Waals surface area contributed by atoms with E-state index in [4.69, 9.17) is 4.74 Å². The normalized spacial score (nSPS) is 20.1. The minimum Gasteiger partial charge on any atom is -0.480 e. The smallest absolute Gasteiger partial charge is 0.328 e. The lowest BCUT2D eigenvalue weighted by molar-refractivity contribution is -0.158. The van der Waals surface area contributed by atoms with Gasteiger partial charge in [0.15, 0.2) is 6.04 Å². The van der Waals surface area contributed by atoms with E-state index >= 15 is 0 Å². The molecular formula is C15H18BrNO4. The molecule has 1 aliphatic rings. The predicted molar refractivity (Wildman–Crippen MR) is 81.1 cm³/mol. The lowest BCUT2D eigenvalue weighted by atomic mass is 9.97. The molecular weight excluding hydrogens is 338 g/mol. The third-order valence-electron chi connectivity index (χ3n) is 3.65. The van der Waals surface area contributed by atoms with Crippen molar-refractivity contribution in [1.82, 2.24) is 4.90 Å². The van der Waals surface area contributed by atoms with E-state index in [1.807, 2.05) is 31.2 Å². The Labute approximate surface area is 132 Å². The summed E-state index contributed by atoms with van der Waals surface area (Å²) in [6.07, 6.45) is 0.284. The number of carboxylic acid groups (broad SMARTS) is 1. The van der Waals surface area contributed by atoms with Gasteiger partial charge >= 0.3 is 5.97 Å². The number of carbonyl (C=O) groups excluding carboxylic acids is 1. The van der Waals surface area contributed by atoms with Crippen molar-refractivity contribution < 1.29 is 19.4 Å². The summed E-state index contributed by atoms with van der Waals surface area (Å²) < 4.78 is 6.11. The number of hydrogen-bond acceptors (Lipinski definition) is 3. The minimum atomic E-state index is -1.02. The second kappa shape index (κ2) is 7.04. The largest absolute Gasteiger partial charge is 0.480 e. The Balaban J connectivity index is 2.06. The van der Waals surface area contributed by atoms with Crippen LogP contribution in [-0.2, 0) is 14.3 Å². The number of rotatable bonds is 4. The molecule has 6 heteroatoms.